The van der Waals surface area contributed by atoms with E-state index in [2.05, 4.69) is 34.4 Å². The number of hydrogen-bond acceptors (Lipinski definition) is 17. The third-order valence-corrected chi connectivity index (χ3v) is 11.9. The van der Waals surface area contributed by atoms with Gasteiger partial charge in [0.15, 0.2) is 17.7 Å². The van der Waals surface area contributed by atoms with Crippen molar-refractivity contribution in [3.05, 3.63) is 12.7 Å². The minimum absolute atomic E-state index is 0.0340. The summed E-state index contributed by atoms with van der Waals surface area (Å²) in [4.78, 5) is 74.9. The zero-order valence-electron chi connectivity index (χ0n) is 25.7. The Morgan fingerprint density at radius 3 is 2.45 bits per heavy atom. The Morgan fingerprint density at radius 2 is 1.80 bits per heavy atom. The van der Waals surface area contributed by atoms with Crippen LogP contribution in [0.3, 0.4) is 0 Å². The zero-order valence-corrected chi connectivity index (χ0v) is 32.0. The summed E-state index contributed by atoms with van der Waals surface area (Å²) in [5, 5.41) is 26.3. The van der Waals surface area contributed by atoms with Crippen LogP contribution in [0.5, 0.6) is 0 Å². The monoisotopic (exact) mass is 886 g/mol. The molecule has 0 spiro atoms. The Hall–Kier alpha value is -1.31. The van der Waals surface area contributed by atoms with E-state index in [1.54, 1.807) is 8.95 Å². The van der Waals surface area contributed by atoms with Crippen LogP contribution in [-0.2, 0) is 45.9 Å². The van der Waals surface area contributed by atoms with Gasteiger partial charge in [-0.15, -0.1) is 0 Å². The second-order valence-corrected chi connectivity index (χ2v) is 18.3. The fourth-order valence-corrected chi connectivity index (χ4v) is 8.09. The quantitative estimate of drug-likeness (QED) is 0.0428. The fourth-order valence-electron chi connectivity index (χ4n) is 4.18. The van der Waals surface area contributed by atoms with Crippen molar-refractivity contribution < 1.29 is 75.7 Å². The van der Waals surface area contributed by atoms with E-state index in [0.29, 0.717) is 6.54 Å². The molecule has 2 aromatic rings. The number of phosphoric ester groups is 3. The number of nitrogen functional groups attached to an aromatic ring is 1. The van der Waals surface area contributed by atoms with Gasteiger partial charge in [-0.05, 0) is 0 Å². The van der Waals surface area contributed by atoms with E-state index in [-0.39, 0.29) is 35.9 Å². The van der Waals surface area contributed by atoms with Crippen molar-refractivity contribution in [2.45, 2.75) is 50.9 Å². The van der Waals surface area contributed by atoms with Crippen LogP contribution in [0.15, 0.2) is 12.7 Å². The van der Waals surface area contributed by atoms with Gasteiger partial charge in [-0.2, -0.15) is 4.31 Å². The van der Waals surface area contributed by atoms with E-state index in [1.165, 1.54) is 35.0 Å². The predicted molar refractivity (Wildman–Crippen MR) is 168 cm³/mol. The third-order valence-electron chi connectivity index (χ3n) is 6.60. The molecule has 0 bridgehead atoms. The molecule has 49 heavy (non-hydrogen) atoms. The first-order chi connectivity index (χ1) is 22.7. The Bertz CT molecular complexity index is 1620. The molecule has 3 radical (unpaired) electrons. The minimum atomic E-state index is -5.53. The summed E-state index contributed by atoms with van der Waals surface area (Å²) < 4.78 is 61.8. The first-order valence-electron chi connectivity index (χ1n) is 13.8. The van der Waals surface area contributed by atoms with Crippen LogP contribution in [0.1, 0.15) is 26.5 Å². The average Bonchev–Trinajstić information content (AvgIpc) is 3.55. The summed E-state index contributed by atoms with van der Waals surface area (Å²) in [5.41, 5.74) is 4.32. The summed E-state index contributed by atoms with van der Waals surface area (Å²) in [6.45, 7) is 0.931. The van der Waals surface area contributed by atoms with Crippen molar-refractivity contribution >= 4 is 82.4 Å². The van der Waals surface area contributed by atoms with E-state index >= 15 is 0 Å². The number of nitrogens with two attached hydrogens (primary N) is 1. The Labute approximate surface area is 294 Å². The van der Waals surface area contributed by atoms with E-state index in [0.717, 1.165) is 23.0 Å². The van der Waals surface area contributed by atoms with E-state index < -0.39 is 78.6 Å². The van der Waals surface area contributed by atoms with Gasteiger partial charge >= 0.3 is 148 Å². The molecule has 0 aromatic carbocycles. The Balaban J connectivity index is 1.59. The van der Waals surface area contributed by atoms with Gasteiger partial charge in [0.2, 0.25) is 0 Å². The maximum atomic E-state index is 12.6. The van der Waals surface area contributed by atoms with Crippen molar-refractivity contribution in [3.8, 4) is 0 Å². The molecule has 23 nitrogen and oxygen atoms in total. The van der Waals surface area contributed by atoms with E-state index in [4.69, 9.17) is 19.5 Å². The van der Waals surface area contributed by atoms with E-state index in [9.17, 15) is 53.1 Å². The van der Waals surface area contributed by atoms with Crippen LogP contribution >= 0.6 is 32.4 Å². The number of nitrogens with zero attached hydrogens (tertiary/aromatic N) is 4. The van der Waals surface area contributed by atoms with Crippen molar-refractivity contribution in [1.82, 2.24) is 30.2 Å². The summed E-state index contributed by atoms with van der Waals surface area (Å²) in [6, 6.07) is 0. The number of nitrogens with one attached hydrogen (secondary N) is 2. The normalized spacial score (nSPS) is 23.1. The number of carbonyl (C=O) groups excluding carboxylic acids is 2. The number of anilines is 1. The van der Waals surface area contributed by atoms with Crippen LogP contribution in [0, 0.1) is 5.41 Å². The topological polar surface area (TPSA) is 347 Å². The first kappa shape index (κ1) is 42.1. The van der Waals surface area contributed by atoms with Crippen molar-refractivity contribution in [1.29, 1.82) is 0 Å². The van der Waals surface area contributed by atoms with Crippen molar-refractivity contribution in [2.24, 2.45) is 5.41 Å². The second-order valence-electron chi connectivity index (χ2n) is 10.9. The molecule has 7 atom stereocenters. The zero-order chi connectivity index (χ0) is 36.8. The van der Waals surface area contributed by atoms with Crippen LogP contribution in [0.4, 0.5) is 5.82 Å². The number of imidazole rings is 1. The molecule has 0 saturated carbocycles. The van der Waals surface area contributed by atoms with Crippen molar-refractivity contribution in [2.75, 3.05) is 37.8 Å². The number of rotatable bonds is 19. The molecule has 2 aromatic heterocycles. The number of amides is 2. The maximum absolute atomic E-state index is 12.6. The fraction of sp³-hybridized carbons (Fsp3) is 0.667. The number of phosphoric acid groups is 3. The van der Waals surface area contributed by atoms with Crippen LogP contribution in [0.2, 0.25) is 0 Å². The Morgan fingerprint density at radius 1 is 1.12 bits per heavy atom. The first-order valence-corrected chi connectivity index (χ1v) is 22.8. The molecule has 1 saturated heterocycles. The van der Waals surface area contributed by atoms with E-state index in [1.807, 2.05) is 0 Å². The molecule has 1 aliphatic heterocycles. The number of ether oxygens (including phenoxy) is 1. The molecular formula is C21H35N7O16P3SSn. The van der Waals surface area contributed by atoms with Gasteiger partial charge in [-0.1, -0.05) is 0 Å². The molecule has 3 heterocycles. The molecule has 28 heteroatoms. The molecule has 0 aliphatic carbocycles. The van der Waals surface area contributed by atoms with Crippen LogP contribution < -0.4 is 16.4 Å². The average molecular weight is 885 g/mol. The number of aliphatic hydroxyl groups excluding tert-OH is 2. The molecule has 3 rings (SSSR count). The molecule has 2 amide bonds. The number of aromatic nitrogens is 4. The summed E-state index contributed by atoms with van der Waals surface area (Å²) in [6.07, 6.45) is -6.68. The summed E-state index contributed by atoms with van der Waals surface area (Å²) >= 11 is 1.26. The van der Waals surface area contributed by atoms with Gasteiger partial charge in [0.1, 0.15) is 30.2 Å². The number of hydrogen-bond donors (Lipinski definition) is 9. The SMILES string of the molecule is CC(C)(COP(=O)(O)OP(=O)(O)OC[C@H]1O[C@@H](n2cnc3c(N)ncnc32)[C@H](O)[C@@H]1OP(=O)(O)O)[C@@H](O)C(=O)NCCC(=O)NCC[S][Sn]. The molecule has 10 N–H and O–H groups in total. The van der Waals surface area contributed by atoms with Crippen LogP contribution in [0.25, 0.3) is 11.2 Å². The molecule has 1 fully saturated rings. The number of carbonyl (C=O) groups is 2. The molecule has 2 unspecified atom stereocenters. The van der Waals surface area contributed by atoms with Gasteiger partial charge in [0, 0.05) is 0 Å². The van der Waals surface area contributed by atoms with Crippen molar-refractivity contribution in [3.63, 3.8) is 0 Å². The molecule has 275 valence electrons. The summed E-state index contributed by atoms with van der Waals surface area (Å²) in [7, 11) is -14.7. The third kappa shape index (κ3) is 12.4. The Kier molecular flexibility index (Phi) is 15.0. The van der Waals surface area contributed by atoms with Gasteiger partial charge in [0.05, 0.1) is 12.9 Å². The molecular weight excluding hydrogens is 850 g/mol. The number of fused-ring (bicyclic) bond motifs is 1. The standard InChI is InChI=1S/C21H36N7O16P3S.Sn/c1-21(2,16(31)19(32)24-4-3-12(29)23-5-6-48)8-41-47(38,39)44-46(36,37)40-7-11-15(43-45(33,34)35)14(30)20(42-11)28-10-27-13-17(22)25-9-26-18(13)28;/h9-11,14-16,20,30-31,48H,3-8H2,1-2H3,(H,23,29)(H,24,32)(H,36,37)(H,38,39)(H2,22,25,26)(H2,33,34,35);/q;+1/p-1/t11-,14-,15-,16+,20-;/m1./s1. The second kappa shape index (κ2) is 17.5. The van der Waals surface area contributed by atoms with Gasteiger partial charge in [0.25, 0.3) is 0 Å². The van der Waals surface area contributed by atoms with Crippen LogP contribution in [-0.4, -0.2) is 139 Å². The summed E-state index contributed by atoms with van der Waals surface area (Å²) in [5.74, 6) is -0.536. The number of aliphatic hydroxyl groups is 2. The predicted octanol–water partition coefficient (Wildman–Crippen LogP) is -1.78. The molecule has 1 aliphatic rings. The van der Waals surface area contributed by atoms with Gasteiger partial charge in [-0.3, -0.25) is 18.1 Å². The van der Waals surface area contributed by atoms with Gasteiger partial charge < -0.3 is 35.2 Å². The van der Waals surface area contributed by atoms with Gasteiger partial charge in [-0.25, -0.2) is 28.6 Å².